The molecule has 1 spiro atoms. The minimum atomic E-state index is -4.11. The lowest BCUT2D eigenvalue weighted by Crippen LogP contribution is -2.48. The number of aryl methyl sites for hydroxylation is 1. The maximum Gasteiger partial charge on any atom is 0.358 e. The van der Waals surface area contributed by atoms with E-state index in [2.05, 4.69) is 39.6 Å². The average molecular weight is 630 g/mol. The van der Waals surface area contributed by atoms with Crippen LogP contribution in [0.25, 0.3) is 0 Å². The molecule has 9 heteroatoms. The van der Waals surface area contributed by atoms with Crippen LogP contribution in [0.2, 0.25) is 5.02 Å². The molecule has 1 saturated heterocycles. The Hall–Kier alpha value is -2.94. The van der Waals surface area contributed by atoms with Crippen LogP contribution in [-0.2, 0) is 19.2 Å². The Labute approximate surface area is 243 Å². The average Bonchev–Trinajstić information content (AvgIpc) is 3.18. The molecule has 2 aliphatic rings. The van der Waals surface area contributed by atoms with Crippen molar-refractivity contribution in [3.63, 3.8) is 0 Å². The van der Waals surface area contributed by atoms with E-state index in [0.717, 1.165) is 26.9 Å². The zero-order valence-electron chi connectivity index (χ0n) is 21.8. The Bertz CT molecular complexity index is 1510. The molecule has 0 radical (unpaired) electrons. The van der Waals surface area contributed by atoms with E-state index in [1.807, 2.05) is 38.1 Å². The van der Waals surface area contributed by atoms with Crippen molar-refractivity contribution in [1.29, 1.82) is 0 Å². The molecule has 0 unspecified atom stereocenters. The van der Waals surface area contributed by atoms with E-state index >= 15 is 0 Å². The van der Waals surface area contributed by atoms with Gasteiger partial charge < -0.3 is 5.32 Å². The number of allylic oxidation sites excluding steroid dienone is 6. The van der Waals surface area contributed by atoms with Gasteiger partial charge in [-0.25, -0.2) is 0 Å². The molecule has 2 aromatic rings. The number of hydrogen-bond acceptors (Lipinski definition) is 5. The molecule has 6 nitrogen and oxygen atoms in total. The van der Waals surface area contributed by atoms with Gasteiger partial charge in [0.1, 0.15) is 4.90 Å². The summed E-state index contributed by atoms with van der Waals surface area (Å²) in [5.41, 5.74) is 3.02. The lowest BCUT2D eigenvalue weighted by molar-refractivity contribution is -0.131. The fourth-order valence-electron chi connectivity index (χ4n) is 5.52. The van der Waals surface area contributed by atoms with E-state index in [9.17, 15) is 13.2 Å². The fraction of sp³-hybridized carbons (Fsp3) is 0.267. The van der Waals surface area contributed by atoms with Crippen LogP contribution in [0, 0.1) is 18.3 Å². The zero-order chi connectivity index (χ0) is 28.4. The molecule has 204 valence electrons. The van der Waals surface area contributed by atoms with Crippen molar-refractivity contribution in [2.24, 2.45) is 16.5 Å². The number of halogens is 2. The standard InChI is InChI=1S/C30H30BrClN2O4S/c1-5-7-22(31)15-25-18-30(29(35)33-25)27(19(2)3)16-24(17-28(30)21-8-6-9-23(32)14-21)34-38-39(36,37)26-12-10-20(4)11-13-26/h5-15,27-28H,1-2,16-18H2,3-4H3,(H,33,35)/b22-7+,25-15+,34-24-/t27-,28+,30-/m1/s1. The fourth-order valence-corrected chi connectivity index (χ4v) is 6.94. The van der Waals surface area contributed by atoms with Crippen molar-refractivity contribution in [2.45, 2.75) is 43.9 Å². The molecular weight excluding hydrogens is 600 g/mol. The summed E-state index contributed by atoms with van der Waals surface area (Å²) in [5, 5.41) is 7.76. The Balaban J connectivity index is 1.77. The van der Waals surface area contributed by atoms with Crippen molar-refractivity contribution in [2.75, 3.05) is 0 Å². The molecule has 0 bridgehead atoms. The summed E-state index contributed by atoms with van der Waals surface area (Å²) in [7, 11) is -4.11. The van der Waals surface area contributed by atoms with Gasteiger partial charge in [0.15, 0.2) is 0 Å². The second kappa shape index (κ2) is 11.7. The molecule has 3 atom stereocenters. The van der Waals surface area contributed by atoms with Crippen molar-refractivity contribution in [3.05, 3.63) is 112 Å². The number of carbonyl (C=O) groups excluding carboxylic acids is 1. The van der Waals surface area contributed by atoms with Gasteiger partial charge in [0.05, 0.1) is 11.1 Å². The molecule has 4 rings (SSSR count). The van der Waals surface area contributed by atoms with Crippen LogP contribution in [0.15, 0.2) is 106 Å². The summed E-state index contributed by atoms with van der Waals surface area (Å²) < 4.78 is 31.7. The maximum atomic E-state index is 13.9. The number of amides is 1. The number of nitrogens with zero attached hydrogens (tertiary/aromatic N) is 1. The number of oxime groups is 1. The van der Waals surface area contributed by atoms with Gasteiger partial charge >= 0.3 is 10.1 Å². The van der Waals surface area contributed by atoms with Gasteiger partial charge in [-0.1, -0.05) is 87.3 Å². The minimum Gasteiger partial charge on any atom is -0.329 e. The molecule has 0 aromatic heterocycles. The third kappa shape index (κ3) is 6.13. The Morgan fingerprint density at radius 1 is 1.23 bits per heavy atom. The highest BCUT2D eigenvalue weighted by molar-refractivity contribution is 9.11. The normalized spacial score (nSPS) is 25.6. The maximum absolute atomic E-state index is 13.9. The second-order valence-electron chi connectivity index (χ2n) is 10.0. The van der Waals surface area contributed by atoms with E-state index in [-0.39, 0.29) is 22.6 Å². The lowest BCUT2D eigenvalue weighted by atomic mass is 9.55. The highest BCUT2D eigenvalue weighted by Gasteiger charge is 2.58. The van der Waals surface area contributed by atoms with Crippen molar-refractivity contribution in [3.8, 4) is 0 Å². The van der Waals surface area contributed by atoms with Gasteiger partial charge in [0.25, 0.3) is 0 Å². The van der Waals surface area contributed by atoms with Gasteiger partial charge in [0.2, 0.25) is 5.91 Å². The smallest absolute Gasteiger partial charge is 0.329 e. The van der Waals surface area contributed by atoms with Crippen LogP contribution >= 0.6 is 27.5 Å². The van der Waals surface area contributed by atoms with Crippen LogP contribution in [-0.4, -0.2) is 20.0 Å². The molecule has 2 aromatic carbocycles. The number of rotatable bonds is 7. The topological polar surface area (TPSA) is 84.8 Å². The predicted octanol–water partition coefficient (Wildman–Crippen LogP) is 7.33. The first-order valence-electron chi connectivity index (χ1n) is 12.4. The van der Waals surface area contributed by atoms with Crippen molar-refractivity contribution >= 4 is 49.3 Å². The first-order valence-corrected chi connectivity index (χ1v) is 15.0. The highest BCUT2D eigenvalue weighted by atomic mass is 79.9. The van der Waals surface area contributed by atoms with Crippen LogP contribution in [0.5, 0.6) is 0 Å². The number of benzene rings is 2. The number of carbonyl (C=O) groups is 1. The minimum absolute atomic E-state index is 0.0238. The Kier molecular flexibility index (Phi) is 8.69. The largest absolute Gasteiger partial charge is 0.358 e. The predicted molar refractivity (Wildman–Crippen MR) is 159 cm³/mol. The zero-order valence-corrected chi connectivity index (χ0v) is 24.9. The summed E-state index contributed by atoms with van der Waals surface area (Å²) in [6.45, 7) is 11.7. The van der Waals surface area contributed by atoms with Gasteiger partial charge in [-0.2, -0.15) is 8.42 Å². The molecule has 1 amide bonds. The van der Waals surface area contributed by atoms with E-state index in [1.54, 1.807) is 30.4 Å². The van der Waals surface area contributed by atoms with Crippen molar-refractivity contribution < 1.29 is 17.5 Å². The summed E-state index contributed by atoms with van der Waals surface area (Å²) in [5.74, 6) is -0.797. The monoisotopic (exact) mass is 628 g/mol. The van der Waals surface area contributed by atoms with Crippen molar-refractivity contribution in [1.82, 2.24) is 5.32 Å². The third-order valence-corrected chi connectivity index (χ3v) is 9.16. The number of nitrogens with one attached hydrogen (secondary N) is 1. The highest BCUT2D eigenvalue weighted by Crippen LogP contribution is 2.58. The van der Waals surface area contributed by atoms with Crippen LogP contribution in [0.4, 0.5) is 0 Å². The molecule has 1 heterocycles. The van der Waals surface area contributed by atoms with Crippen LogP contribution < -0.4 is 5.32 Å². The van der Waals surface area contributed by atoms with Gasteiger partial charge in [0, 0.05) is 27.5 Å². The SMILES string of the molecule is C=C/C=C(Br)\C=C1/C[C@@]2(C(=O)N1)[C@@H](C(=C)C)C/C(=N/OS(=O)(=O)c1ccc(C)cc1)C[C@H]2c1cccc(Cl)c1. The van der Waals surface area contributed by atoms with E-state index < -0.39 is 15.5 Å². The Morgan fingerprint density at radius 2 is 1.95 bits per heavy atom. The van der Waals surface area contributed by atoms with Gasteiger partial charge in [-0.15, -0.1) is 0 Å². The summed E-state index contributed by atoms with van der Waals surface area (Å²) in [6.07, 6.45) is 6.42. The number of hydrogen-bond donors (Lipinski definition) is 1. The van der Waals surface area contributed by atoms with Crippen LogP contribution in [0.1, 0.15) is 43.2 Å². The molecule has 2 fully saturated rings. The molecule has 1 saturated carbocycles. The van der Waals surface area contributed by atoms with Gasteiger partial charge in [-0.05, 0) is 74.6 Å². The lowest BCUT2D eigenvalue weighted by Gasteiger charge is -2.46. The summed E-state index contributed by atoms with van der Waals surface area (Å²) >= 11 is 9.88. The Morgan fingerprint density at radius 3 is 2.59 bits per heavy atom. The first kappa shape index (κ1) is 29.1. The van der Waals surface area contributed by atoms with Crippen LogP contribution in [0.3, 0.4) is 0 Å². The van der Waals surface area contributed by atoms with E-state index in [4.69, 9.17) is 15.9 Å². The second-order valence-corrected chi connectivity index (χ2v) is 12.9. The molecular formula is C30H30BrClN2O4S. The van der Waals surface area contributed by atoms with Gasteiger partial charge in [-0.3, -0.25) is 9.08 Å². The summed E-state index contributed by atoms with van der Waals surface area (Å²) in [6, 6.07) is 13.8. The third-order valence-electron chi connectivity index (χ3n) is 7.31. The molecule has 39 heavy (non-hydrogen) atoms. The summed E-state index contributed by atoms with van der Waals surface area (Å²) in [4.78, 5) is 13.9. The first-order chi connectivity index (χ1) is 18.5. The van der Waals surface area contributed by atoms with E-state index in [0.29, 0.717) is 30.0 Å². The molecule has 1 aliphatic heterocycles. The molecule has 1 N–H and O–H groups in total. The van der Waals surface area contributed by atoms with E-state index in [1.165, 1.54) is 12.1 Å². The molecule has 1 aliphatic carbocycles. The quantitative estimate of drug-likeness (QED) is 0.197.